The van der Waals surface area contributed by atoms with Gasteiger partial charge in [-0.3, -0.25) is 4.98 Å². The second-order valence-corrected chi connectivity index (χ2v) is 11.3. The summed E-state index contributed by atoms with van der Waals surface area (Å²) in [4.78, 5) is 16.9. The van der Waals surface area contributed by atoms with Crippen LogP contribution in [0.15, 0.2) is 40.7 Å². The number of aromatic nitrogens is 1. The number of nitrogens with zero attached hydrogens (tertiary/aromatic N) is 2. The molecule has 2 aromatic heterocycles. The van der Waals surface area contributed by atoms with Crippen molar-refractivity contribution in [2.45, 2.75) is 43.4 Å². The van der Waals surface area contributed by atoms with Crippen molar-refractivity contribution in [3.05, 3.63) is 36.5 Å². The monoisotopic (exact) mass is 437 g/mol. The van der Waals surface area contributed by atoms with Crippen LogP contribution in [-0.4, -0.2) is 49.0 Å². The summed E-state index contributed by atoms with van der Waals surface area (Å²) in [5, 5.41) is 2.78. The van der Waals surface area contributed by atoms with Crippen LogP contribution in [0.1, 0.15) is 33.6 Å². The molecule has 1 N–H and O–H groups in total. The van der Waals surface area contributed by atoms with Crippen molar-refractivity contribution in [1.82, 2.24) is 14.6 Å². The van der Waals surface area contributed by atoms with Gasteiger partial charge in [-0.05, 0) is 63.8 Å². The predicted molar refractivity (Wildman–Crippen MR) is 113 cm³/mol. The van der Waals surface area contributed by atoms with Crippen LogP contribution in [0.4, 0.5) is 4.79 Å². The molecule has 1 aliphatic rings. The average molecular weight is 438 g/mol. The number of carbonyl (C=O) groups excluding carboxylic acids is 1. The molecule has 0 aromatic carbocycles. The van der Waals surface area contributed by atoms with Gasteiger partial charge in [-0.1, -0.05) is 6.07 Å². The first-order valence-corrected chi connectivity index (χ1v) is 11.9. The van der Waals surface area contributed by atoms with Crippen molar-refractivity contribution in [3.8, 4) is 10.6 Å². The Morgan fingerprint density at radius 3 is 2.59 bits per heavy atom. The maximum Gasteiger partial charge on any atom is 0.407 e. The van der Waals surface area contributed by atoms with Crippen LogP contribution >= 0.6 is 11.3 Å². The van der Waals surface area contributed by atoms with Gasteiger partial charge in [-0.15, -0.1) is 11.3 Å². The average Bonchev–Trinajstić information content (AvgIpc) is 3.17. The van der Waals surface area contributed by atoms with Gasteiger partial charge in [-0.2, -0.15) is 4.31 Å². The van der Waals surface area contributed by atoms with E-state index in [1.54, 1.807) is 18.3 Å². The molecule has 1 fully saturated rings. The fraction of sp³-hybridized carbons (Fsp3) is 0.500. The van der Waals surface area contributed by atoms with Crippen molar-refractivity contribution in [1.29, 1.82) is 0 Å². The summed E-state index contributed by atoms with van der Waals surface area (Å²) in [5.74, 6) is 0.237. The molecule has 1 amide bonds. The molecule has 0 bridgehead atoms. The molecule has 29 heavy (non-hydrogen) atoms. The number of pyridine rings is 1. The molecule has 0 unspecified atom stereocenters. The largest absolute Gasteiger partial charge is 0.444 e. The zero-order chi connectivity index (χ0) is 21.1. The van der Waals surface area contributed by atoms with E-state index in [0.29, 0.717) is 36.7 Å². The van der Waals surface area contributed by atoms with E-state index in [-0.39, 0.29) is 5.92 Å². The number of hydrogen-bond acceptors (Lipinski definition) is 6. The second kappa shape index (κ2) is 8.81. The molecular weight excluding hydrogens is 410 g/mol. The van der Waals surface area contributed by atoms with E-state index in [1.165, 1.54) is 15.6 Å². The van der Waals surface area contributed by atoms with E-state index in [4.69, 9.17) is 4.74 Å². The highest BCUT2D eigenvalue weighted by atomic mass is 32.2. The summed E-state index contributed by atoms with van der Waals surface area (Å²) in [6.07, 6.45) is 2.66. The molecule has 0 atom stereocenters. The number of nitrogens with one attached hydrogen (secondary N) is 1. The van der Waals surface area contributed by atoms with Gasteiger partial charge in [0, 0.05) is 25.8 Å². The summed E-state index contributed by atoms with van der Waals surface area (Å²) in [6.45, 7) is 6.84. The minimum Gasteiger partial charge on any atom is -0.444 e. The molecule has 158 valence electrons. The third-order valence-electron chi connectivity index (χ3n) is 4.60. The number of rotatable bonds is 5. The highest BCUT2D eigenvalue weighted by molar-refractivity contribution is 7.91. The molecule has 3 rings (SSSR count). The van der Waals surface area contributed by atoms with Gasteiger partial charge in [0.25, 0.3) is 10.0 Å². The first kappa shape index (κ1) is 21.7. The molecule has 9 heteroatoms. The predicted octanol–water partition coefficient (Wildman–Crippen LogP) is 3.74. The molecule has 1 saturated heterocycles. The van der Waals surface area contributed by atoms with Crippen molar-refractivity contribution >= 4 is 27.5 Å². The quantitative estimate of drug-likeness (QED) is 0.770. The zero-order valence-electron chi connectivity index (χ0n) is 16.9. The van der Waals surface area contributed by atoms with Crippen LogP contribution in [0, 0.1) is 5.92 Å². The maximum absolute atomic E-state index is 13.0. The molecule has 7 nitrogen and oxygen atoms in total. The van der Waals surface area contributed by atoms with E-state index in [2.05, 4.69) is 10.3 Å². The Hall–Kier alpha value is -1.97. The number of piperidine rings is 1. The number of carbonyl (C=O) groups is 1. The van der Waals surface area contributed by atoms with Crippen LogP contribution < -0.4 is 5.32 Å². The summed E-state index contributed by atoms with van der Waals surface area (Å²) in [7, 11) is -3.52. The molecule has 1 aliphatic heterocycles. The first-order chi connectivity index (χ1) is 13.6. The summed E-state index contributed by atoms with van der Waals surface area (Å²) in [5.41, 5.74) is 0.238. The van der Waals surface area contributed by atoms with Gasteiger partial charge in [0.1, 0.15) is 9.81 Å². The lowest BCUT2D eigenvalue weighted by molar-refractivity contribution is 0.0513. The van der Waals surface area contributed by atoms with Crippen LogP contribution in [0.5, 0.6) is 0 Å². The van der Waals surface area contributed by atoms with Crippen LogP contribution in [-0.2, 0) is 14.8 Å². The Labute approximate surface area is 176 Å². The molecule has 0 aliphatic carbocycles. The van der Waals surface area contributed by atoms with Gasteiger partial charge >= 0.3 is 6.09 Å². The fourth-order valence-corrected chi connectivity index (χ4v) is 6.03. The minimum atomic E-state index is -3.52. The van der Waals surface area contributed by atoms with Gasteiger partial charge in [-0.25, -0.2) is 13.2 Å². The third kappa shape index (κ3) is 5.77. The van der Waals surface area contributed by atoms with Crippen LogP contribution in [0.3, 0.4) is 0 Å². The highest BCUT2D eigenvalue weighted by Gasteiger charge is 2.31. The number of thiophene rings is 1. The van der Waals surface area contributed by atoms with Gasteiger partial charge in [0.2, 0.25) is 0 Å². The second-order valence-electron chi connectivity index (χ2n) is 8.06. The van der Waals surface area contributed by atoms with E-state index in [1.807, 2.05) is 39.0 Å². The maximum atomic E-state index is 13.0. The normalized spacial score (nSPS) is 16.5. The van der Waals surface area contributed by atoms with Gasteiger partial charge < -0.3 is 10.1 Å². The van der Waals surface area contributed by atoms with Crippen molar-refractivity contribution in [3.63, 3.8) is 0 Å². The van der Waals surface area contributed by atoms with Crippen molar-refractivity contribution < 1.29 is 17.9 Å². The topological polar surface area (TPSA) is 88.6 Å². The van der Waals surface area contributed by atoms with E-state index >= 15 is 0 Å². The van der Waals surface area contributed by atoms with Crippen molar-refractivity contribution in [2.24, 2.45) is 5.92 Å². The number of hydrogen-bond donors (Lipinski definition) is 1. The van der Waals surface area contributed by atoms with Gasteiger partial charge in [0.05, 0.1) is 10.6 Å². The molecule has 0 saturated carbocycles. The number of ether oxygens (including phenoxy) is 1. The zero-order valence-corrected chi connectivity index (χ0v) is 18.6. The Kier molecular flexibility index (Phi) is 6.60. The number of amides is 1. The summed E-state index contributed by atoms with van der Waals surface area (Å²) < 4.78 is 33.1. The highest BCUT2D eigenvalue weighted by Crippen LogP contribution is 2.32. The molecule has 2 aromatic rings. The third-order valence-corrected chi connectivity index (χ3v) is 8.07. The first-order valence-electron chi connectivity index (χ1n) is 9.63. The Morgan fingerprint density at radius 1 is 1.24 bits per heavy atom. The Morgan fingerprint density at radius 2 is 1.97 bits per heavy atom. The van der Waals surface area contributed by atoms with Crippen LogP contribution in [0.25, 0.3) is 10.6 Å². The SMILES string of the molecule is CC(C)(C)OC(=O)NCC1CCN(S(=O)(=O)c2ccc(-c3ccccn3)s2)CC1. The minimum absolute atomic E-state index is 0.237. The standard InChI is InChI=1S/C20H27N3O4S2/c1-20(2,3)27-19(24)22-14-15-9-12-23(13-10-15)29(25,26)18-8-7-17(28-18)16-6-4-5-11-21-16/h4-8,11,15H,9-10,12-14H2,1-3H3,(H,22,24). The van der Waals surface area contributed by atoms with Crippen LogP contribution in [0.2, 0.25) is 0 Å². The van der Waals surface area contributed by atoms with E-state index in [0.717, 1.165) is 10.6 Å². The van der Waals surface area contributed by atoms with Crippen molar-refractivity contribution in [2.75, 3.05) is 19.6 Å². The molecule has 0 spiro atoms. The Bertz CT molecular complexity index is 928. The van der Waals surface area contributed by atoms with E-state index < -0.39 is 21.7 Å². The van der Waals surface area contributed by atoms with E-state index in [9.17, 15) is 13.2 Å². The smallest absolute Gasteiger partial charge is 0.407 e. The number of sulfonamides is 1. The fourth-order valence-electron chi connectivity index (χ4n) is 3.13. The lowest BCUT2D eigenvalue weighted by Gasteiger charge is -2.31. The van der Waals surface area contributed by atoms with Gasteiger partial charge in [0.15, 0.2) is 0 Å². The summed E-state index contributed by atoms with van der Waals surface area (Å²) in [6, 6.07) is 9.03. The summed E-state index contributed by atoms with van der Waals surface area (Å²) >= 11 is 1.24. The molecule has 0 radical (unpaired) electrons. The Balaban J connectivity index is 1.55. The molecular formula is C20H27N3O4S2. The lowest BCUT2D eigenvalue weighted by Crippen LogP contribution is -2.42. The molecule has 3 heterocycles. The number of alkyl carbamates (subject to hydrolysis) is 1. The lowest BCUT2D eigenvalue weighted by atomic mass is 9.98.